The van der Waals surface area contributed by atoms with Crippen molar-refractivity contribution in [3.8, 4) is 22.8 Å². The van der Waals surface area contributed by atoms with Crippen LogP contribution >= 0.6 is 11.3 Å². The number of aromatic nitrogens is 1. The van der Waals surface area contributed by atoms with Gasteiger partial charge >= 0.3 is 5.97 Å². The maximum atomic E-state index is 12.0. The van der Waals surface area contributed by atoms with Crippen molar-refractivity contribution in [1.82, 2.24) is 4.98 Å². The number of rotatable bonds is 9. The molecule has 7 nitrogen and oxygen atoms in total. The van der Waals surface area contributed by atoms with Crippen LogP contribution in [0.1, 0.15) is 12.0 Å². The Balaban J connectivity index is 1.37. The van der Waals surface area contributed by atoms with E-state index in [9.17, 15) is 9.59 Å². The van der Waals surface area contributed by atoms with Crippen molar-refractivity contribution in [2.45, 2.75) is 13.3 Å². The number of anilines is 1. The molecular formula is C22H22N2O5S. The number of amides is 1. The normalized spacial score (nSPS) is 10.3. The second kappa shape index (κ2) is 10.4. The summed E-state index contributed by atoms with van der Waals surface area (Å²) < 4.78 is 15.5. The van der Waals surface area contributed by atoms with Crippen LogP contribution in [0, 0.1) is 6.92 Å². The summed E-state index contributed by atoms with van der Waals surface area (Å²) in [6.07, 6.45) is 0.0358. The first kappa shape index (κ1) is 21.3. The minimum Gasteiger partial charge on any atom is -0.497 e. The number of thiazole rings is 1. The summed E-state index contributed by atoms with van der Waals surface area (Å²) in [7, 11) is 1.58. The van der Waals surface area contributed by atoms with Crippen LogP contribution in [0.25, 0.3) is 11.3 Å². The molecule has 0 unspecified atom stereocenters. The zero-order chi connectivity index (χ0) is 21.3. The molecular weight excluding hydrogens is 404 g/mol. The largest absolute Gasteiger partial charge is 0.497 e. The summed E-state index contributed by atoms with van der Waals surface area (Å²) in [6, 6.07) is 15.0. The third-order valence-corrected chi connectivity index (χ3v) is 4.85. The Morgan fingerprint density at radius 1 is 1.03 bits per heavy atom. The van der Waals surface area contributed by atoms with Gasteiger partial charge in [-0.05, 0) is 31.2 Å². The lowest BCUT2D eigenvalue weighted by molar-refractivity contribution is -0.147. The van der Waals surface area contributed by atoms with Crippen LogP contribution in [0.3, 0.4) is 0 Å². The highest BCUT2D eigenvalue weighted by molar-refractivity contribution is 7.14. The number of ether oxygens (including phenoxy) is 3. The van der Waals surface area contributed by atoms with Crippen LogP contribution in [0.5, 0.6) is 11.5 Å². The molecule has 1 aromatic heterocycles. The average Bonchev–Trinajstić information content (AvgIpc) is 3.21. The molecule has 0 atom stereocenters. The molecule has 0 radical (unpaired) electrons. The maximum Gasteiger partial charge on any atom is 0.309 e. The van der Waals surface area contributed by atoms with E-state index in [2.05, 4.69) is 10.3 Å². The van der Waals surface area contributed by atoms with E-state index in [4.69, 9.17) is 14.2 Å². The van der Waals surface area contributed by atoms with Crippen LogP contribution < -0.4 is 14.8 Å². The number of carbonyl (C=O) groups is 2. The minimum absolute atomic E-state index is 0.0358. The van der Waals surface area contributed by atoms with Crippen molar-refractivity contribution in [3.63, 3.8) is 0 Å². The maximum absolute atomic E-state index is 12.0. The quantitative estimate of drug-likeness (QED) is 0.519. The fourth-order valence-corrected chi connectivity index (χ4v) is 3.22. The molecule has 3 rings (SSSR count). The Morgan fingerprint density at radius 2 is 1.73 bits per heavy atom. The second-order valence-electron chi connectivity index (χ2n) is 6.39. The first-order chi connectivity index (χ1) is 14.5. The molecule has 0 aliphatic carbocycles. The van der Waals surface area contributed by atoms with E-state index in [1.165, 1.54) is 16.9 Å². The SMILES string of the molecule is COc1ccc(OCCC(=O)OCC(=O)Nc2nc(-c3ccc(C)cc3)cs2)cc1. The number of nitrogens with one attached hydrogen (secondary N) is 1. The zero-order valence-electron chi connectivity index (χ0n) is 16.7. The third-order valence-electron chi connectivity index (χ3n) is 4.10. The van der Waals surface area contributed by atoms with E-state index >= 15 is 0 Å². The summed E-state index contributed by atoms with van der Waals surface area (Å²) >= 11 is 1.31. The first-order valence-corrected chi connectivity index (χ1v) is 10.2. The lowest BCUT2D eigenvalue weighted by atomic mass is 10.1. The summed E-state index contributed by atoms with van der Waals surface area (Å²) in [6.45, 7) is 1.79. The highest BCUT2D eigenvalue weighted by Crippen LogP contribution is 2.25. The Kier molecular flexibility index (Phi) is 7.40. The monoisotopic (exact) mass is 426 g/mol. The highest BCUT2D eigenvalue weighted by atomic mass is 32.1. The molecule has 0 aliphatic rings. The molecule has 0 fully saturated rings. The van der Waals surface area contributed by atoms with Gasteiger partial charge in [-0.25, -0.2) is 4.98 Å². The van der Waals surface area contributed by atoms with Gasteiger partial charge in [-0.1, -0.05) is 29.8 Å². The van der Waals surface area contributed by atoms with Crippen LogP contribution in [-0.2, 0) is 14.3 Å². The van der Waals surface area contributed by atoms with E-state index in [1.54, 1.807) is 31.4 Å². The van der Waals surface area contributed by atoms with Crippen molar-refractivity contribution in [3.05, 3.63) is 59.5 Å². The number of aryl methyl sites for hydroxylation is 1. The van der Waals surface area contributed by atoms with Crippen molar-refractivity contribution < 1.29 is 23.8 Å². The molecule has 1 N–H and O–H groups in total. The van der Waals surface area contributed by atoms with Crippen LogP contribution in [0.2, 0.25) is 0 Å². The average molecular weight is 426 g/mol. The van der Waals surface area contributed by atoms with Gasteiger partial charge in [-0.2, -0.15) is 0 Å². The molecule has 0 aliphatic heterocycles. The predicted molar refractivity (Wildman–Crippen MR) is 115 cm³/mol. The van der Waals surface area contributed by atoms with Crippen LogP contribution in [0.4, 0.5) is 5.13 Å². The smallest absolute Gasteiger partial charge is 0.309 e. The van der Waals surface area contributed by atoms with Gasteiger partial charge < -0.3 is 14.2 Å². The number of esters is 1. The number of benzene rings is 2. The molecule has 0 saturated heterocycles. The van der Waals surface area contributed by atoms with Gasteiger partial charge in [0.25, 0.3) is 5.91 Å². The molecule has 0 bridgehead atoms. The van der Waals surface area contributed by atoms with Crippen molar-refractivity contribution in [2.24, 2.45) is 0 Å². The molecule has 30 heavy (non-hydrogen) atoms. The summed E-state index contributed by atoms with van der Waals surface area (Å²) in [4.78, 5) is 28.2. The fourth-order valence-electron chi connectivity index (χ4n) is 2.49. The Bertz CT molecular complexity index is 984. The van der Waals surface area contributed by atoms with Crippen LogP contribution in [-0.4, -0.2) is 37.2 Å². The predicted octanol–water partition coefficient (Wildman–Crippen LogP) is 4.08. The molecule has 1 heterocycles. The number of hydrogen-bond donors (Lipinski definition) is 1. The summed E-state index contributed by atoms with van der Waals surface area (Å²) in [5.41, 5.74) is 2.92. The summed E-state index contributed by atoms with van der Waals surface area (Å²) in [5.74, 6) is 0.385. The number of hydrogen-bond acceptors (Lipinski definition) is 7. The van der Waals surface area contributed by atoms with Crippen molar-refractivity contribution in [1.29, 1.82) is 0 Å². The Hall–Kier alpha value is -3.39. The standard InChI is InChI=1S/C22H22N2O5S/c1-15-3-5-16(6-4-15)19-14-30-22(23-19)24-20(25)13-29-21(26)11-12-28-18-9-7-17(27-2)8-10-18/h3-10,14H,11-13H2,1-2H3,(H,23,24,25). The van der Waals surface area contributed by atoms with E-state index in [-0.39, 0.29) is 19.6 Å². The first-order valence-electron chi connectivity index (χ1n) is 9.28. The topological polar surface area (TPSA) is 86.8 Å². The van der Waals surface area contributed by atoms with Gasteiger partial charge in [0, 0.05) is 10.9 Å². The zero-order valence-corrected chi connectivity index (χ0v) is 17.5. The molecule has 1 amide bonds. The molecule has 2 aromatic carbocycles. The van der Waals surface area contributed by atoms with Gasteiger partial charge in [0.05, 0.1) is 25.8 Å². The van der Waals surface area contributed by atoms with E-state index in [0.717, 1.165) is 17.0 Å². The number of nitrogens with zero attached hydrogens (tertiary/aromatic N) is 1. The van der Waals surface area contributed by atoms with Crippen LogP contribution in [0.15, 0.2) is 53.9 Å². The van der Waals surface area contributed by atoms with E-state index in [0.29, 0.717) is 10.9 Å². The second-order valence-corrected chi connectivity index (χ2v) is 7.24. The Morgan fingerprint density at radius 3 is 2.43 bits per heavy atom. The fraction of sp³-hybridized carbons (Fsp3) is 0.227. The van der Waals surface area contributed by atoms with Gasteiger partial charge in [0.2, 0.25) is 0 Å². The van der Waals surface area contributed by atoms with Gasteiger partial charge in [0.15, 0.2) is 11.7 Å². The van der Waals surface area contributed by atoms with E-state index < -0.39 is 11.9 Å². The number of methoxy groups -OCH3 is 1. The van der Waals surface area contributed by atoms with Gasteiger partial charge in [-0.15, -0.1) is 11.3 Å². The van der Waals surface area contributed by atoms with Gasteiger partial charge in [-0.3, -0.25) is 14.9 Å². The highest BCUT2D eigenvalue weighted by Gasteiger charge is 2.11. The minimum atomic E-state index is -0.516. The van der Waals surface area contributed by atoms with Crippen molar-refractivity contribution >= 4 is 28.3 Å². The molecule has 156 valence electrons. The molecule has 8 heteroatoms. The Labute approximate surface area is 178 Å². The lowest BCUT2D eigenvalue weighted by Gasteiger charge is -2.07. The molecule has 3 aromatic rings. The third kappa shape index (κ3) is 6.31. The van der Waals surface area contributed by atoms with Gasteiger partial charge in [0.1, 0.15) is 11.5 Å². The van der Waals surface area contributed by atoms with E-state index in [1.807, 2.05) is 36.6 Å². The molecule has 0 spiro atoms. The molecule has 0 saturated carbocycles. The van der Waals surface area contributed by atoms with Crippen molar-refractivity contribution in [2.75, 3.05) is 25.6 Å². The summed E-state index contributed by atoms with van der Waals surface area (Å²) in [5, 5.41) is 4.96. The lowest BCUT2D eigenvalue weighted by Crippen LogP contribution is -2.21. The number of carbonyl (C=O) groups excluding carboxylic acids is 2.